The number of benzene rings is 2. The van der Waals surface area contributed by atoms with Crippen molar-refractivity contribution in [3.8, 4) is 22.5 Å². The minimum atomic E-state index is -0.282. The SMILES string of the molecule is Nc1nc(-c2ccccc2)c(-c2ccc3ncccc3c2)nc1C(=O)NCC1CC1. The van der Waals surface area contributed by atoms with Crippen LogP contribution >= 0.6 is 0 Å². The van der Waals surface area contributed by atoms with Gasteiger partial charge in [0.1, 0.15) is 0 Å². The first-order valence-corrected chi connectivity index (χ1v) is 10.1. The van der Waals surface area contributed by atoms with Gasteiger partial charge in [-0.15, -0.1) is 0 Å². The minimum absolute atomic E-state index is 0.133. The Hall–Kier alpha value is -3.80. The average Bonchev–Trinajstić information content (AvgIpc) is 3.62. The summed E-state index contributed by atoms with van der Waals surface area (Å²) in [6.45, 7) is 0.650. The molecule has 2 aromatic heterocycles. The van der Waals surface area contributed by atoms with Gasteiger partial charge < -0.3 is 11.1 Å². The van der Waals surface area contributed by atoms with Gasteiger partial charge in [0.15, 0.2) is 11.5 Å². The van der Waals surface area contributed by atoms with Crippen LogP contribution in [0.5, 0.6) is 0 Å². The highest BCUT2D eigenvalue weighted by Gasteiger charge is 2.24. The second-order valence-electron chi connectivity index (χ2n) is 7.58. The van der Waals surface area contributed by atoms with E-state index in [4.69, 9.17) is 10.7 Å². The number of nitrogens with two attached hydrogens (primary N) is 1. The molecule has 1 aliphatic rings. The van der Waals surface area contributed by atoms with Crippen LogP contribution in [0.2, 0.25) is 0 Å². The molecule has 0 bridgehead atoms. The summed E-state index contributed by atoms with van der Waals surface area (Å²) >= 11 is 0. The maximum absolute atomic E-state index is 12.7. The van der Waals surface area contributed by atoms with Crippen LogP contribution in [0.15, 0.2) is 66.9 Å². The molecule has 1 amide bonds. The van der Waals surface area contributed by atoms with Gasteiger partial charge in [-0.2, -0.15) is 0 Å². The summed E-state index contributed by atoms with van der Waals surface area (Å²) in [5.41, 5.74) is 10.3. The molecule has 1 saturated carbocycles. The zero-order valence-electron chi connectivity index (χ0n) is 16.4. The largest absolute Gasteiger partial charge is 0.382 e. The van der Waals surface area contributed by atoms with Crippen LogP contribution in [0.25, 0.3) is 33.4 Å². The standard InChI is InChI=1S/C24H21N5O/c25-23-22(24(30)27-14-15-8-9-15)28-21(20(29-23)16-5-2-1-3-6-16)18-10-11-19-17(13-18)7-4-12-26-19/h1-7,10-13,15H,8-9,14H2,(H2,25,29)(H,27,30). The topological polar surface area (TPSA) is 93.8 Å². The van der Waals surface area contributed by atoms with Crippen molar-refractivity contribution in [2.24, 2.45) is 5.92 Å². The molecular weight excluding hydrogens is 374 g/mol. The fourth-order valence-electron chi connectivity index (χ4n) is 3.48. The highest BCUT2D eigenvalue weighted by Crippen LogP contribution is 2.32. The molecule has 1 aliphatic carbocycles. The molecule has 0 radical (unpaired) electrons. The van der Waals surface area contributed by atoms with Crippen LogP contribution in [0.4, 0.5) is 5.82 Å². The van der Waals surface area contributed by atoms with E-state index in [0.717, 1.165) is 34.9 Å². The van der Waals surface area contributed by atoms with E-state index in [9.17, 15) is 4.79 Å². The summed E-state index contributed by atoms with van der Waals surface area (Å²) in [5, 5.41) is 3.93. The summed E-state index contributed by atoms with van der Waals surface area (Å²) in [6, 6.07) is 19.6. The van der Waals surface area contributed by atoms with E-state index in [1.165, 1.54) is 0 Å². The third kappa shape index (κ3) is 3.59. The summed E-state index contributed by atoms with van der Waals surface area (Å²) in [7, 11) is 0. The van der Waals surface area contributed by atoms with Gasteiger partial charge in [-0.1, -0.05) is 42.5 Å². The Bertz CT molecular complexity index is 1240. The zero-order valence-corrected chi connectivity index (χ0v) is 16.4. The van der Waals surface area contributed by atoms with Crippen LogP contribution < -0.4 is 11.1 Å². The Balaban J connectivity index is 1.64. The number of aromatic nitrogens is 3. The summed E-state index contributed by atoms with van der Waals surface area (Å²) in [4.78, 5) is 26.4. The number of nitrogen functional groups attached to an aromatic ring is 1. The first-order chi connectivity index (χ1) is 14.7. The Morgan fingerprint density at radius 1 is 0.967 bits per heavy atom. The lowest BCUT2D eigenvalue weighted by Gasteiger charge is -2.13. The monoisotopic (exact) mass is 395 g/mol. The molecule has 6 heteroatoms. The van der Waals surface area contributed by atoms with Gasteiger partial charge in [0, 0.05) is 29.3 Å². The lowest BCUT2D eigenvalue weighted by molar-refractivity contribution is 0.0947. The van der Waals surface area contributed by atoms with Crippen LogP contribution in [0, 0.1) is 5.92 Å². The van der Waals surface area contributed by atoms with Crippen molar-refractivity contribution in [2.75, 3.05) is 12.3 Å². The molecule has 0 spiro atoms. The first-order valence-electron chi connectivity index (χ1n) is 10.1. The Labute approximate surface area is 174 Å². The number of anilines is 1. The molecule has 30 heavy (non-hydrogen) atoms. The summed E-state index contributed by atoms with van der Waals surface area (Å²) in [5.74, 6) is 0.419. The lowest BCUT2D eigenvalue weighted by Crippen LogP contribution is -2.28. The van der Waals surface area contributed by atoms with E-state index in [1.807, 2.05) is 60.7 Å². The molecule has 148 valence electrons. The van der Waals surface area contributed by atoms with E-state index in [1.54, 1.807) is 6.20 Å². The number of carbonyl (C=O) groups excluding carboxylic acids is 1. The van der Waals surface area contributed by atoms with Gasteiger partial charge in [-0.25, -0.2) is 9.97 Å². The number of nitrogens with zero attached hydrogens (tertiary/aromatic N) is 3. The van der Waals surface area contributed by atoms with E-state index in [-0.39, 0.29) is 17.4 Å². The first kappa shape index (κ1) is 18.2. The molecule has 6 nitrogen and oxygen atoms in total. The van der Waals surface area contributed by atoms with Crippen molar-refractivity contribution >= 4 is 22.6 Å². The van der Waals surface area contributed by atoms with Gasteiger partial charge in [0.05, 0.1) is 16.9 Å². The maximum Gasteiger partial charge on any atom is 0.273 e. The molecule has 5 rings (SSSR count). The number of pyridine rings is 1. The van der Waals surface area contributed by atoms with Crippen LogP contribution in [-0.2, 0) is 0 Å². The molecule has 1 fully saturated rings. The quantitative estimate of drug-likeness (QED) is 0.531. The second-order valence-corrected chi connectivity index (χ2v) is 7.58. The molecule has 3 N–H and O–H groups in total. The minimum Gasteiger partial charge on any atom is -0.382 e. The van der Waals surface area contributed by atoms with Crippen molar-refractivity contribution in [2.45, 2.75) is 12.8 Å². The van der Waals surface area contributed by atoms with Crippen molar-refractivity contribution in [1.29, 1.82) is 0 Å². The van der Waals surface area contributed by atoms with E-state index in [0.29, 0.717) is 23.9 Å². The van der Waals surface area contributed by atoms with E-state index in [2.05, 4.69) is 15.3 Å². The van der Waals surface area contributed by atoms with Crippen molar-refractivity contribution in [1.82, 2.24) is 20.3 Å². The van der Waals surface area contributed by atoms with Crippen LogP contribution in [0.1, 0.15) is 23.3 Å². The Morgan fingerprint density at radius 2 is 1.77 bits per heavy atom. The summed E-state index contributed by atoms with van der Waals surface area (Å²) in [6.07, 6.45) is 4.08. The van der Waals surface area contributed by atoms with Crippen LogP contribution in [-0.4, -0.2) is 27.4 Å². The lowest BCUT2D eigenvalue weighted by atomic mass is 10.0. The molecule has 0 atom stereocenters. The van der Waals surface area contributed by atoms with Gasteiger partial charge in [0.25, 0.3) is 5.91 Å². The maximum atomic E-state index is 12.7. The van der Waals surface area contributed by atoms with Gasteiger partial charge in [-0.05, 0) is 37.0 Å². The smallest absolute Gasteiger partial charge is 0.273 e. The van der Waals surface area contributed by atoms with Gasteiger partial charge >= 0.3 is 0 Å². The number of hydrogen-bond acceptors (Lipinski definition) is 5. The third-order valence-corrected chi connectivity index (χ3v) is 5.31. The zero-order chi connectivity index (χ0) is 20.5. The number of rotatable bonds is 5. The van der Waals surface area contributed by atoms with E-state index >= 15 is 0 Å². The average molecular weight is 395 g/mol. The fourth-order valence-corrected chi connectivity index (χ4v) is 3.48. The second kappa shape index (κ2) is 7.55. The molecule has 2 aromatic carbocycles. The highest BCUT2D eigenvalue weighted by atomic mass is 16.1. The molecule has 0 aliphatic heterocycles. The number of amides is 1. The normalized spacial score (nSPS) is 13.3. The molecular formula is C24H21N5O. The predicted molar refractivity (Wildman–Crippen MR) is 118 cm³/mol. The fraction of sp³-hybridized carbons (Fsp3) is 0.167. The molecule has 0 unspecified atom stereocenters. The number of hydrogen-bond donors (Lipinski definition) is 2. The van der Waals surface area contributed by atoms with E-state index < -0.39 is 0 Å². The van der Waals surface area contributed by atoms with Crippen molar-refractivity contribution in [3.63, 3.8) is 0 Å². The Morgan fingerprint density at radius 3 is 2.57 bits per heavy atom. The number of carbonyl (C=O) groups is 1. The highest BCUT2D eigenvalue weighted by molar-refractivity contribution is 5.98. The number of nitrogens with one attached hydrogen (secondary N) is 1. The van der Waals surface area contributed by atoms with Crippen molar-refractivity contribution < 1.29 is 4.79 Å². The summed E-state index contributed by atoms with van der Waals surface area (Å²) < 4.78 is 0. The van der Waals surface area contributed by atoms with Crippen molar-refractivity contribution in [3.05, 3.63) is 72.6 Å². The Kier molecular flexibility index (Phi) is 4.59. The molecule has 0 saturated heterocycles. The predicted octanol–water partition coefficient (Wildman–Crippen LogP) is 4.08. The molecule has 2 heterocycles. The van der Waals surface area contributed by atoms with Gasteiger partial charge in [0.2, 0.25) is 0 Å². The third-order valence-electron chi connectivity index (χ3n) is 5.31. The van der Waals surface area contributed by atoms with Gasteiger partial charge in [-0.3, -0.25) is 9.78 Å². The van der Waals surface area contributed by atoms with Crippen LogP contribution in [0.3, 0.4) is 0 Å². The number of fused-ring (bicyclic) bond motifs is 1. The molecule has 4 aromatic rings.